The van der Waals surface area contributed by atoms with Gasteiger partial charge in [-0.2, -0.15) is 0 Å². The van der Waals surface area contributed by atoms with Crippen molar-refractivity contribution in [3.63, 3.8) is 0 Å². The van der Waals surface area contributed by atoms with Gasteiger partial charge >= 0.3 is 0 Å². The number of halogens is 1. The van der Waals surface area contributed by atoms with Crippen LogP contribution in [0, 0.1) is 0 Å². The highest BCUT2D eigenvalue weighted by Gasteiger charge is 2.27. The van der Waals surface area contributed by atoms with E-state index in [0.29, 0.717) is 12.4 Å². The van der Waals surface area contributed by atoms with Gasteiger partial charge in [0.2, 0.25) is 0 Å². The van der Waals surface area contributed by atoms with Gasteiger partial charge in [-0.3, -0.25) is 4.79 Å². The molecular weight excluding hydrogens is 282 g/mol. The standard InChI is InChI=1S/C18H28ClNO/c1-6-14(7-2)20(13-12-19)17(21)15-10-8-9-11-16(15)18(3,4)5/h8-11,14H,6-7,12-13H2,1-5H3. The summed E-state index contributed by atoms with van der Waals surface area (Å²) in [4.78, 5) is 15.0. The lowest BCUT2D eigenvalue weighted by atomic mass is 9.83. The van der Waals surface area contributed by atoms with E-state index in [4.69, 9.17) is 11.6 Å². The molecule has 0 atom stereocenters. The number of benzene rings is 1. The Labute approximate surface area is 134 Å². The molecular formula is C18H28ClNO. The quantitative estimate of drug-likeness (QED) is 0.688. The molecule has 1 rings (SSSR count). The lowest BCUT2D eigenvalue weighted by Gasteiger charge is -2.32. The molecule has 0 heterocycles. The molecule has 0 saturated heterocycles. The summed E-state index contributed by atoms with van der Waals surface area (Å²) in [5.74, 6) is 0.579. The monoisotopic (exact) mass is 309 g/mol. The first-order valence-corrected chi connectivity index (χ1v) is 8.36. The lowest BCUT2D eigenvalue weighted by Crippen LogP contribution is -2.41. The number of amides is 1. The third-order valence-corrected chi connectivity index (χ3v) is 4.10. The smallest absolute Gasteiger partial charge is 0.254 e. The molecule has 1 aromatic rings. The maximum absolute atomic E-state index is 13.0. The van der Waals surface area contributed by atoms with E-state index in [9.17, 15) is 4.79 Å². The number of rotatable bonds is 6. The highest BCUT2D eigenvalue weighted by Crippen LogP contribution is 2.27. The van der Waals surface area contributed by atoms with E-state index in [0.717, 1.165) is 24.0 Å². The molecule has 0 radical (unpaired) electrons. The zero-order valence-corrected chi connectivity index (χ0v) is 14.7. The normalized spacial score (nSPS) is 11.8. The average molecular weight is 310 g/mol. The summed E-state index contributed by atoms with van der Waals surface area (Å²) in [5, 5.41) is 0. The molecule has 0 aliphatic heterocycles. The van der Waals surface area contributed by atoms with Gasteiger partial charge in [0, 0.05) is 24.0 Å². The Morgan fingerprint density at radius 2 is 1.76 bits per heavy atom. The molecule has 2 nitrogen and oxygen atoms in total. The lowest BCUT2D eigenvalue weighted by molar-refractivity contribution is 0.0679. The SMILES string of the molecule is CCC(CC)N(CCCl)C(=O)c1ccccc1C(C)(C)C. The highest BCUT2D eigenvalue weighted by atomic mass is 35.5. The minimum absolute atomic E-state index is 0.0488. The van der Waals surface area contributed by atoms with Crippen LogP contribution in [0.5, 0.6) is 0 Å². The van der Waals surface area contributed by atoms with Crippen LogP contribution < -0.4 is 0 Å². The molecule has 0 aliphatic carbocycles. The third-order valence-electron chi connectivity index (χ3n) is 3.94. The van der Waals surface area contributed by atoms with Crippen LogP contribution in [0.4, 0.5) is 0 Å². The van der Waals surface area contributed by atoms with E-state index < -0.39 is 0 Å². The first-order valence-electron chi connectivity index (χ1n) is 7.83. The molecule has 0 bridgehead atoms. The van der Waals surface area contributed by atoms with Crippen LogP contribution in [-0.2, 0) is 5.41 Å². The van der Waals surface area contributed by atoms with Crippen LogP contribution in [-0.4, -0.2) is 29.3 Å². The predicted molar refractivity (Wildman–Crippen MR) is 91.3 cm³/mol. The topological polar surface area (TPSA) is 20.3 Å². The molecule has 0 unspecified atom stereocenters. The van der Waals surface area contributed by atoms with Gasteiger partial charge in [0.25, 0.3) is 5.91 Å². The van der Waals surface area contributed by atoms with E-state index in [2.05, 4.69) is 40.7 Å². The number of hydrogen-bond acceptors (Lipinski definition) is 1. The van der Waals surface area contributed by atoms with Crippen molar-refractivity contribution >= 4 is 17.5 Å². The Hall–Kier alpha value is -1.02. The number of hydrogen-bond donors (Lipinski definition) is 0. The van der Waals surface area contributed by atoms with Crippen molar-refractivity contribution in [2.24, 2.45) is 0 Å². The van der Waals surface area contributed by atoms with Gasteiger partial charge in [-0.15, -0.1) is 11.6 Å². The zero-order chi connectivity index (χ0) is 16.0. The van der Waals surface area contributed by atoms with Crippen LogP contribution in [0.15, 0.2) is 24.3 Å². The molecule has 0 saturated carbocycles. The van der Waals surface area contributed by atoms with E-state index in [1.54, 1.807) is 0 Å². The molecule has 3 heteroatoms. The largest absolute Gasteiger partial charge is 0.334 e. The fourth-order valence-corrected chi connectivity index (χ4v) is 2.93. The fourth-order valence-electron chi connectivity index (χ4n) is 2.75. The van der Waals surface area contributed by atoms with Gasteiger partial charge in [0.15, 0.2) is 0 Å². The Kier molecular flexibility index (Phi) is 6.73. The number of alkyl halides is 1. The van der Waals surface area contributed by atoms with Gasteiger partial charge in [-0.25, -0.2) is 0 Å². The van der Waals surface area contributed by atoms with Crippen molar-refractivity contribution in [2.45, 2.75) is 58.9 Å². The van der Waals surface area contributed by atoms with Crippen LogP contribution in [0.1, 0.15) is 63.4 Å². The van der Waals surface area contributed by atoms with Crippen molar-refractivity contribution in [3.05, 3.63) is 35.4 Å². The van der Waals surface area contributed by atoms with E-state index in [-0.39, 0.29) is 17.4 Å². The first kappa shape index (κ1) is 18.0. The fraction of sp³-hybridized carbons (Fsp3) is 0.611. The molecule has 1 aromatic carbocycles. The summed E-state index contributed by atoms with van der Waals surface area (Å²) in [6.07, 6.45) is 1.91. The van der Waals surface area contributed by atoms with Gasteiger partial charge in [0.1, 0.15) is 0 Å². The third kappa shape index (κ3) is 4.47. The van der Waals surface area contributed by atoms with Crippen molar-refractivity contribution in [1.82, 2.24) is 4.90 Å². The Bertz CT molecular complexity index is 461. The summed E-state index contributed by atoms with van der Waals surface area (Å²) < 4.78 is 0. The highest BCUT2D eigenvalue weighted by molar-refractivity contribution is 6.18. The second-order valence-electron chi connectivity index (χ2n) is 6.45. The second kappa shape index (κ2) is 7.84. The van der Waals surface area contributed by atoms with Gasteiger partial charge < -0.3 is 4.90 Å². The summed E-state index contributed by atoms with van der Waals surface area (Å²) in [5.41, 5.74) is 1.86. The summed E-state index contributed by atoms with van der Waals surface area (Å²) in [7, 11) is 0. The van der Waals surface area contributed by atoms with E-state index >= 15 is 0 Å². The predicted octanol–water partition coefficient (Wildman–Crippen LogP) is 4.85. The Morgan fingerprint density at radius 1 is 1.19 bits per heavy atom. The summed E-state index contributed by atoms with van der Waals surface area (Å²) in [6.45, 7) is 11.3. The molecule has 21 heavy (non-hydrogen) atoms. The molecule has 1 amide bonds. The Balaban J connectivity index is 3.21. The van der Waals surface area contributed by atoms with E-state index in [1.807, 2.05) is 23.1 Å². The van der Waals surface area contributed by atoms with E-state index in [1.165, 1.54) is 0 Å². The van der Waals surface area contributed by atoms with Crippen molar-refractivity contribution in [2.75, 3.05) is 12.4 Å². The number of nitrogens with zero attached hydrogens (tertiary/aromatic N) is 1. The molecule has 0 N–H and O–H groups in total. The van der Waals surface area contributed by atoms with Crippen molar-refractivity contribution < 1.29 is 4.79 Å². The molecule has 0 aromatic heterocycles. The van der Waals surface area contributed by atoms with Crippen molar-refractivity contribution in [1.29, 1.82) is 0 Å². The van der Waals surface area contributed by atoms with Crippen LogP contribution >= 0.6 is 11.6 Å². The molecule has 0 aliphatic rings. The zero-order valence-electron chi connectivity index (χ0n) is 13.9. The number of carbonyl (C=O) groups is 1. The van der Waals surface area contributed by atoms with Gasteiger partial charge in [-0.1, -0.05) is 52.8 Å². The Morgan fingerprint density at radius 3 is 2.24 bits per heavy atom. The average Bonchev–Trinajstić information content (AvgIpc) is 2.46. The number of carbonyl (C=O) groups excluding carboxylic acids is 1. The van der Waals surface area contributed by atoms with Crippen molar-refractivity contribution in [3.8, 4) is 0 Å². The molecule has 0 fully saturated rings. The van der Waals surface area contributed by atoms with Crippen LogP contribution in [0.25, 0.3) is 0 Å². The van der Waals surface area contributed by atoms with Gasteiger partial charge in [0.05, 0.1) is 0 Å². The minimum Gasteiger partial charge on any atom is -0.334 e. The van der Waals surface area contributed by atoms with Crippen LogP contribution in [0.2, 0.25) is 0 Å². The first-order chi connectivity index (χ1) is 9.86. The molecule has 118 valence electrons. The van der Waals surface area contributed by atoms with Gasteiger partial charge in [-0.05, 0) is 29.9 Å². The maximum atomic E-state index is 13.0. The molecule has 0 spiro atoms. The minimum atomic E-state index is -0.0488. The second-order valence-corrected chi connectivity index (χ2v) is 6.83. The van der Waals surface area contributed by atoms with Crippen LogP contribution in [0.3, 0.4) is 0 Å². The summed E-state index contributed by atoms with van der Waals surface area (Å²) in [6, 6.07) is 8.18. The maximum Gasteiger partial charge on any atom is 0.254 e. The summed E-state index contributed by atoms with van der Waals surface area (Å²) >= 11 is 5.92.